The third kappa shape index (κ3) is 3.98. The van der Waals surface area contributed by atoms with Gasteiger partial charge in [-0.2, -0.15) is 0 Å². The summed E-state index contributed by atoms with van der Waals surface area (Å²) in [4.78, 5) is 10.4. The first-order chi connectivity index (χ1) is 7.13. The van der Waals surface area contributed by atoms with Gasteiger partial charge in [-0.25, -0.2) is 9.97 Å². The van der Waals surface area contributed by atoms with Gasteiger partial charge in [0, 0.05) is 35.5 Å². The molecule has 0 aliphatic rings. The van der Waals surface area contributed by atoms with Gasteiger partial charge < -0.3 is 10.6 Å². The average Bonchev–Trinajstić information content (AvgIpc) is 2.21. The molecule has 0 bridgehead atoms. The predicted octanol–water partition coefficient (Wildman–Crippen LogP) is 1.23. The molecule has 0 unspecified atom stereocenters. The monoisotopic (exact) mass is 319 g/mol. The third-order valence-electron chi connectivity index (χ3n) is 1.92. The first-order valence-electron chi connectivity index (χ1n) is 4.69. The SMILES string of the molecule is CCN(CCC(=N)N)c1ncc(I)cn1. The summed E-state index contributed by atoms with van der Waals surface area (Å²) in [7, 11) is 0. The molecule has 0 aliphatic heterocycles. The molecule has 1 heterocycles. The first kappa shape index (κ1) is 12.2. The lowest BCUT2D eigenvalue weighted by atomic mass is 10.3. The van der Waals surface area contributed by atoms with Crippen molar-refractivity contribution in [2.45, 2.75) is 13.3 Å². The minimum Gasteiger partial charge on any atom is -0.388 e. The van der Waals surface area contributed by atoms with E-state index in [1.165, 1.54) is 0 Å². The molecule has 1 aromatic heterocycles. The molecule has 0 atom stereocenters. The Hall–Kier alpha value is -0.920. The fraction of sp³-hybridized carbons (Fsp3) is 0.444. The number of hydrogen-bond acceptors (Lipinski definition) is 4. The van der Waals surface area contributed by atoms with Crippen LogP contribution in [0.25, 0.3) is 0 Å². The zero-order valence-electron chi connectivity index (χ0n) is 8.57. The van der Waals surface area contributed by atoms with Gasteiger partial charge in [-0.3, -0.25) is 5.41 Å². The number of nitrogens with two attached hydrogens (primary N) is 1. The van der Waals surface area contributed by atoms with E-state index in [2.05, 4.69) is 32.6 Å². The van der Waals surface area contributed by atoms with E-state index in [1.54, 1.807) is 12.4 Å². The van der Waals surface area contributed by atoms with E-state index in [1.807, 2.05) is 11.8 Å². The Kier molecular flexibility index (Phi) is 4.73. The molecule has 0 aliphatic carbocycles. The summed E-state index contributed by atoms with van der Waals surface area (Å²) >= 11 is 2.17. The van der Waals surface area contributed by atoms with Gasteiger partial charge in [0.1, 0.15) is 0 Å². The second-order valence-corrected chi connectivity index (χ2v) is 4.30. The topological polar surface area (TPSA) is 78.9 Å². The normalized spacial score (nSPS) is 10.0. The maximum atomic E-state index is 7.17. The van der Waals surface area contributed by atoms with Gasteiger partial charge in [0.2, 0.25) is 5.95 Å². The number of nitrogens with zero attached hydrogens (tertiary/aromatic N) is 3. The Morgan fingerprint density at radius 2 is 2.13 bits per heavy atom. The van der Waals surface area contributed by atoms with E-state index < -0.39 is 0 Å². The van der Waals surface area contributed by atoms with Gasteiger partial charge in [0.25, 0.3) is 0 Å². The number of rotatable bonds is 5. The van der Waals surface area contributed by atoms with E-state index >= 15 is 0 Å². The van der Waals surface area contributed by atoms with Gasteiger partial charge in [0.15, 0.2) is 0 Å². The maximum absolute atomic E-state index is 7.17. The summed E-state index contributed by atoms with van der Waals surface area (Å²) in [6.07, 6.45) is 4.10. The van der Waals surface area contributed by atoms with Crippen molar-refractivity contribution in [3.63, 3.8) is 0 Å². The summed E-state index contributed by atoms with van der Waals surface area (Å²) in [5.74, 6) is 0.887. The summed E-state index contributed by atoms with van der Waals surface area (Å²) in [5.41, 5.74) is 5.31. The first-order valence-corrected chi connectivity index (χ1v) is 5.76. The molecule has 0 saturated heterocycles. The van der Waals surface area contributed by atoms with Crippen LogP contribution < -0.4 is 10.6 Å². The highest BCUT2D eigenvalue weighted by Gasteiger charge is 2.06. The van der Waals surface area contributed by atoms with Crippen LogP contribution >= 0.6 is 22.6 Å². The molecule has 3 N–H and O–H groups in total. The fourth-order valence-corrected chi connectivity index (χ4v) is 1.40. The van der Waals surface area contributed by atoms with Gasteiger partial charge in [-0.15, -0.1) is 0 Å². The number of anilines is 1. The van der Waals surface area contributed by atoms with Crippen LogP contribution in [0.4, 0.5) is 5.95 Å². The average molecular weight is 319 g/mol. The number of hydrogen-bond donors (Lipinski definition) is 2. The molecule has 0 amide bonds. The summed E-state index contributed by atoms with van der Waals surface area (Å²) < 4.78 is 1.01. The van der Waals surface area contributed by atoms with Crippen molar-refractivity contribution in [2.24, 2.45) is 5.73 Å². The Bertz CT molecular complexity index is 324. The lowest BCUT2D eigenvalue weighted by Gasteiger charge is -2.19. The summed E-state index contributed by atoms with van der Waals surface area (Å²) in [5, 5.41) is 7.17. The molecule has 0 saturated carbocycles. The van der Waals surface area contributed by atoms with Crippen LogP contribution in [-0.4, -0.2) is 28.9 Å². The molecule has 0 spiro atoms. The van der Waals surface area contributed by atoms with E-state index in [-0.39, 0.29) is 5.84 Å². The van der Waals surface area contributed by atoms with Crippen molar-refractivity contribution in [3.8, 4) is 0 Å². The van der Waals surface area contributed by atoms with E-state index in [9.17, 15) is 0 Å². The zero-order valence-corrected chi connectivity index (χ0v) is 10.7. The summed E-state index contributed by atoms with van der Waals surface area (Å²) in [6.45, 7) is 3.53. The number of halogens is 1. The Labute approximate surface area is 103 Å². The Balaban J connectivity index is 2.65. The molecular formula is C9H14IN5. The number of aromatic nitrogens is 2. The van der Waals surface area contributed by atoms with Crippen molar-refractivity contribution in [2.75, 3.05) is 18.0 Å². The van der Waals surface area contributed by atoms with Crippen LogP contribution in [0.2, 0.25) is 0 Å². The van der Waals surface area contributed by atoms with Gasteiger partial charge in [0.05, 0.1) is 5.84 Å². The Morgan fingerprint density at radius 1 is 1.53 bits per heavy atom. The Morgan fingerprint density at radius 3 is 2.60 bits per heavy atom. The van der Waals surface area contributed by atoms with Crippen LogP contribution in [0.1, 0.15) is 13.3 Å². The molecule has 15 heavy (non-hydrogen) atoms. The molecule has 1 aromatic rings. The van der Waals surface area contributed by atoms with Crippen LogP contribution in [0, 0.1) is 8.98 Å². The third-order valence-corrected chi connectivity index (χ3v) is 2.48. The van der Waals surface area contributed by atoms with Crippen molar-refractivity contribution in [1.82, 2.24) is 9.97 Å². The highest BCUT2D eigenvalue weighted by atomic mass is 127. The summed E-state index contributed by atoms with van der Waals surface area (Å²) in [6, 6.07) is 0. The number of nitrogens with one attached hydrogen (secondary N) is 1. The molecule has 1 rings (SSSR count). The van der Waals surface area contributed by atoms with Gasteiger partial charge >= 0.3 is 0 Å². The van der Waals surface area contributed by atoms with Crippen LogP contribution in [0.5, 0.6) is 0 Å². The van der Waals surface area contributed by atoms with Gasteiger partial charge in [-0.05, 0) is 29.5 Å². The standard InChI is InChI=1S/C9H14IN5/c1-2-15(4-3-8(11)12)9-13-5-7(10)6-14-9/h5-6H,2-4H2,1H3,(H3,11,12). The molecule has 0 aromatic carbocycles. The molecule has 0 fully saturated rings. The molecular weight excluding hydrogens is 305 g/mol. The lowest BCUT2D eigenvalue weighted by molar-refractivity contribution is 0.793. The number of amidine groups is 1. The van der Waals surface area contributed by atoms with Crippen molar-refractivity contribution in [1.29, 1.82) is 5.41 Å². The largest absolute Gasteiger partial charge is 0.388 e. The van der Waals surface area contributed by atoms with E-state index in [0.717, 1.165) is 10.1 Å². The van der Waals surface area contributed by atoms with Crippen LogP contribution in [0.15, 0.2) is 12.4 Å². The zero-order chi connectivity index (χ0) is 11.3. The van der Waals surface area contributed by atoms with Crippen molar-refractivity contribution >= 4 is 34.4 Å². The second-order valence-electron chi connectivity index (χ2n) is 3.06. The fourth-order valence-electron chi connectivity index (χ4n) is 1.12. The second kappa shape index (κ2) is 5.84. The van der Waals surface area contributed by atoms with Crippen LogP contribution in [-0.2, 0) is 0 Å². The highest BCUT2D eigenvalue weighted by Crippen LogP contribution is 2.08. The molecule has 5 nitrogen and oxygen atoms in total. The van der Waals surface area contributed by atoms with E-state index in [0.29, 0.717) is 18.9 Å². The highest BCUT2D eigenvalue weighted by molar-refractivity contribution is 14.1. The van der Waals surface area contributed by atoms with Crippen LogP contribution in [0.3, 0.4) is 0 Å². The smallest absolute Gasteiger partial charge is 0.225 e. The maximum Gasteiger partial charge on any atom is 0.225 e. The molecule has 0 radical (unpaired) electrons. The molecule has 6 heteroatoms. The lowest BCUT2D eigenvalue weighted by Crippen LogP contribution is -2.29. The van der Waals surface area contributed by atoms with Gasteiger partial charge in [-0.1, -0.05) is 0 Å². The molecule has 82 valence electrons. The minimum atomic E-state index is 0.193. The van der Waals surface area contributed by atoms with E-state index in [4.69, 9.17) is 11.1 Å². The minimum absolute atomic E-state index is 0.193. The van der Waals surface area contributed by atoms with Crippen molar-refractivity contribution < 1.29 is 0 Å². The predicted molar refractivity (Wildman–Crippen MR) is 69.2 cm³/mol. The van der Waals surface area contributed by atoms with Crippen molar-refractivity contribution in [3.05, 3.63) is 16.0 Å². The quantitative estimate of drug-likeness (QED) is 0.486.